The number of ketones is 2. The first-order chi connectivity index (χ1) is 13.0. The van der Waals surface area contributed by atoms with E-state index in [1.807, 2.05) is 0 Å². The zero-order chi connectivity index (χ0) is 21.5. The summed E-state index contributed by atoms with van der Waals surface area (Å²) in [7, 11) is 0. The second-order valence-electron chi connectivity index (χ2n) is 7.15. The van der Waals surface area contributed by atoms with Crippen molar-refractivity contribution >= 4 is 29.4 Å². The Morgan fingerprint density at radius 2 is 1.61 bits per heavy atom. The van der Waals surface area contributed by atoms with Gasteiger partial charge >= 0.3 is 5.97 Å². The van der Waals surface area contributed by atoms with E-state index in [-0.39, 0.29) is 0 Å². The Bertz CT molecular complexity index is 757. The second-order valence-corrected chi connectivity index (χ2v) is 7.15. The molecular formula is C19H23FN2O6. The number of hydrogen-bond donors (Lipinski definition) is 3. The van der Waals surface area contributed by atoms with Crippen LogP contribution in [0.3, 0.4) is 0 Å². The summed E-state index contributed by atoms with van der Waals surface area (Å²) in [4.78, 5) is 59.3. The average molecular weight is 394 g/mol. The fraction of sp³-hybridized carbons (Fsp3) is 0.421. The highest BCUT2D eigenvalue weighted by atomic mass is 19.1. The molecule has 0 spiro atoms. The first kappa shape index (κ1) is 22.9. The largest absolute Gasteiger partial charge is 0.481 e. The number of amides is 2. The molecule has 2 amide bonds. The van der Waals surface area contributed by atoms with Crippen molar-refractivity contribution in [3.8, 4) is 0 Å². The van der Waals surface area contributed by atoms with Crippen LogP contribution in [0.1, 0.15) is 38.8 Å². The molecule has 2 unspecified atom stereocenters. The molecule has 0 saturated carbocycles. The van der Waals surface area contributed by atoms with E-state index >= 15 is 0 Å². The summed E-state index contributed by atoms with van der Waals surface area (Å²) in [6, 6.07) is 5.10. The van der Waals surface area contributed by atoms with Gasteiger partial charge in [-0.2, -0.15) is 0 Å². The van der Waals surface area contributed by atoms with Crippen LogP contribution in [0.15, 0.2) is 30.3 Å². The molecule has 1 aromatic rings. The van der Waals surface area contributed by atoms with Gasteiger partial charge in [0.15, 0.2) is 6.67 Å². The number of rotatable bonds is 9. The maximum Gasteiger partial charge on any atom is 0.305 e. The fourth-order valence-electron chi connectivity index (χ4n) is 2.19. The molecule has 0 aromatic heterocycles. The van der Waals surface area contributed by atoms with E-state index in [4.69, 9.17) is 5.11 Å². The lowest BCUT2D eigenvalue weighted by Gasteiger charge is -2.25. The molecule has 0 radical (unpaired) electrons. The van der Waals surface area contributed by atoms with Crippen molar-refractivity contribution in [2.45, 2.75) is 39.3 Å². The molecule has 0 saturated heterocycles. The number of Topliss-reactive ketones (excluding diaryl/α,β-unsaturated/α-hetero) is 2. The van der Waals surface area contributed by atoms with Gasteiger partial charge in [-0.3, -0.25) is 24.0 Å². The van der Waals surface area contributed by atoms with E-state index in [2.05, 4.69) is 10.6 Å². The molecule has 9 heteroatoms. The van der Waals surface area contributed by atoms with Crippen molar-refractivity contribution < 1.29 is 33.5 Å². The lowest BCUT2D eigenvalue weighted by atomic mass is 9.94. The standard InChI is InChI=1S/C19H23FN2O6/c1-19(2,3)18(28)22-15(11-7-5-4-6-8-11)17(27)21-12(9-14(24)25)16(26)13(23)10-20/h4-8,12,15H,9-10H2,1-3H3,(H,21,27)(H,22,28)(H,24,25). The third-order valence-corrected chi connectivity index (χ3v) is 3.76. The summed E-state index contributed by atoms with van der Waals surface area (Å²) in [5, 5.41) is 13.6. The number of hydrogen-bond acceptors (Lipinski definition) is 5. The van der Waals surface area contributed by atoms with Crippen LogP contribution in [-0.4, -0.2) is 47.2 Å². The molecule has 0 aliphatic heterocycles. The van der Waals surface area contributed by atoms with E-state index < -0.39 is 59.9 Å². The maximum absolute atomic E-state index is 12.7. The van der Waals surface area contributed by atoms with Gasteiger partial charge in [0, 0.05) is 5.41 Å². The molecule has 2 atom stereocenters. The third kappa shape index (κ3) is 6.57. The molecule has 0 aliphatic rings. The number of carboxylic acid groups (broad SMARTS) is 1. The molecule has 0 aliphatic carbocycles. The third-order valence-electron chi connectivity index (χ3n) is 3.76. The number of benzene rings is 1. The van der Waals surface area contributed by atoms with Gasteiger partial charge in [0.1, 0.15) is 12.1 Å². The molecule has 0 fully saturated rings. The topological polar surface area (TPSA) is 130 Å². The van der Waals surface area contributed by atoms with Crippen LogP contribution < -0.4 is 10.6 Å². The van der Waals surface area contributed by atoms with Crippen molar-refractivity contribution in [1.29, 1.82) is 0 Å². The summed E-state index contributed by atoms with van der Waals surface area (Å²) >= 11 is 0. The van der Waals surface area contributed by atoms with Gasteiger partial charge in [0.05, 0.1) is 6.42 Å². The van der Waals surface area contributed by atoms with Gasteiger partial charge in [0.25, 0.3) is 0 Å². The maximum atomic E-state index is 12.7. The number of carbonyl (C=O) groups excluding carboxylic acids is 4. The van der Waals surface area contributed by atoms with Gasteiger partial charge in [-0.05, 0) is 5.56 Å². The zero-order valence-electron chi connectivity index (χ0n) is 15.8. The highest BCUT2D eigenvalue weighted by Crippen LogP contribution is 2.19. The summed E-state index contributed by atoms with van der Waals surface area (Å²) in [6.45, 7) is 3.31. The summed E-state index contributed by atoms with van der Waals surface area (Å²) < 4.78 is 12.5. The number of nitrogens with one attached hydrogen (secondary N) is 2. The average Bonchev–Trinajstić information content (AvgIpc) is 2.63. The Labute approximate surface area is 161 Å². The minimum absolute atomic E-state index is 0.385. The highest BCUT2D eigenvalue weighted by Gasteiger charge is 2.33. The smallest absolute Gasteiger partial charge is 0.305 e. The number of alkyl halides is 1. The first-order valence-corrected chi connectivity index (χ1v) is 8.48. The first-order valence-electron chi connectivity index (χ1n) is 8.48. The monoisotopic (exact) mass is 394 g/mol. The Morgan fingerprint density at radius 3 is 2.07 bits per heavy atom. The molecule has 3 N–H and O–H groups in total. The van der Waals surface area contributed by atoms with E-state index in [1.165, 1.54) is 0 Å². The number of aliphatic carboxylic acids is 1. The number of halogens is 1. The zero-order valence-corrected chi connectivity index (χ0v) is 15.8. The van der Waals surface area contributed by atoms with Crippen molar-refractivity contribution in [3.05, 3.63) is 35.9 Å². The van der Waals surface area contributed by atoms with Gasteiger partial charge in [-0.25, -0.2) is 4.39 Å². The Hall–Kier alpha value is -3.10. The van der Waals surface area contributed by atoms with Crippen LogP contribution in [0, 0.1) is 5.41 Å². The summed E-state index contributed by atoms with van der Waals surface area (Å²) in [5.74, 6) is -5.61. The van der Waals surface area contributed by atoms with Crippen molar-refractivity contribution in [2.24, 2.45) is 5.41 Å². The van der Waals surface area contributed by atoms with Crippen LogP contribution in [0.25, 0.3) is 0 Å². The molecule has 28 heavy (non-hydrogen) atoms. The van der Waals surface area contributed by atoms with Crippen LogP contribution in [-0.2, 0) is 24.0 Å². The lowest BCUT2D eigenvalue weighted by Crippen LogP contribution is -2.51. The molecule has 1 aromatic carbocycles. The molecule has 8 nitrogen and oxygen atoms in total. The molecule has 0 heterocycles. The number of carboxylic acids is 1. The Kier molecular flexibility index (Phi) is 7.97. The molecular weight excluding hydrogens is 371 g/mol. The van der Waals surface area contributed by atoms with Gasteiger partial charge in [0.2, 0.25) is 23.4 Å². The molecule has 1 rings (SSSR count). The van der Waals surface area contributed by atoms with E-state index in [9.17, 15) is 28.4 Å². The van der Waals surface area contributed by atoms with Crippen LogP contribution in [0.5, 0.6) is 0 Å². The minimum Gasteiger partial charge on any atom is -0.481 e. The summed E-state index contributed by atoms with van der Waals surface area (Å²) in [6.07, 6.45) is -0.898. The molecule has 0 bridgehead atoms. The van der Waals surface area contributed by atoms with E-state index in [0.717, 1.165) is 0 Å². The number of carbonyl (C=O) groups is 5. The summed E-state index contributed by atoms with van der Waals surface area (Å²) in [5.41, 5.74) is -0.440. The van der Waals surface area contributed by atoms with Gasteiger partial charge in [-0.15, -0.1) is 0 Å². The van der Waals surface area contributed by atoms with Gasteiger partial charge < -0.3 is 15.7 Å². The SMILES string of the molecule is CC(C)(C)C(=O)NC(C(=O)NC(CC(=O)O)C(=O)C(=O)CF)c1ccccc1. The van der Waals surface area contributed by atoms with Gasteiger partial charge in [-0.1, -0.05) is 51.1 Å². The predicted octanol–water partition coefficient (Wildman–Crippen LogP) is 0.957. The highest BCUT2D eigenvalue weighted by molar-refractivity contribution is 6.40. The van der Waals surface area contributed by atoms with Crippen LogP contribution in [0.4, 0.5) is 4.39 Å². The van der Waals surface area contributed by atoms with Crippen LogP contribution >= 0.6 is 0 Å². The lowest BCUT2D eigenvalue weighted by molar-refractivity contribution is -0.144. The van der Waals surface area contributed by atoms with E-state index in [1.54, 1.807) is 51.1 Å². The van der Waals surface area contributed by atoms with Crippen molar-refractivity contribution in [3.63, 3.8) is 0 Å². The normalized spacial score (nSPS) is 13.1. The Morgan fingerprint density at radius 1 is 1.04 bits per heavy atom. The fourth-order valence-corrected chi connectivity index (χ4v) is 2.19. The minimum atomic E-state index is -1.74. The second kappa shape index (κ2) is 9.72. The van der Waals surface area contributed by atoms with Crippen molar-refractivity contribution in [2.75, 3.05) is 6.67 Å². The van der Waals surface area contributed by atoms with Crippen molar-refractivity contribution in [1.82, 2.24) is 10.6 Å². The van der Waals surface area contributed by atoms with E-state index in [0.29, 0.717) is 5.56 Å². The van der Waals surface area contributed by atoms with Crippen LogP contribution in [0.2, 0.25) is 0 Å². The predicted molar refractivity (Wildman–Crippen MR) is 97.0 cm³/mol. The Balaban J connectivity index is 3.15. The molecule has 152 valence electrons. The quantitative estimate of drug-likeness (QED) is 0.535.